The molecular formula is C22H33Br2NO3. The Labute approximate surface area is 187 Å². The minimum Gasteiger partial charge on any atom is -0.493 e. The van der Waals surface area contributed by atoms with Crippen molar-refractivity contribution >= 4 is 37.6 Å². The molecule has 0 heterocycles. The second-order valence-corrected chi connectivity index (χ2v) is 9.91. The maximum atomic E-state index is 6.23. The first-order valence-electron chi connectivity index (χ1n) is 9.91. The molecule has 0 N–H and O–H groups in total. The van der Waals surface area contributed by atoms with Gasteiger partial charge in [0.25, 0.3) is 0 Å². The van der Waals surface area contributed by atoms with Gasteiger partial charge < -0.3 is 14.3 Å². The van der Waals surface area contributed by atoms with Crippen molar-refractivity contribution in [2.45, 2.75) is 66.2 Å². The van der Waals surface area contributed by atoms with Crippen LogP contribution in [0.2, 0.25) is 0 Å². The number of hydrogen-bond acceptors (Lipinski definition) is 4. The lowest BCUT2D eigenvalue weighted by atomic mass is 9.96. The zero-order valence-corrected chi connectivity index (χ0v) is 20.9. The molecule has 0 unspecified atom stereocenters. The normalized spacial score (nSPS) is 10.6. The van der Waals surface area contributed by atoms with Crippen molar-refractivity contribution < 1.29 is 14.3 Å². The molecule has 6 heteroatoms. The van der Waals surface area contributed by atoms with Gasteiger partial charge in [0.1, 0.15) is 24.7 Å². The Balaban J connectivity index is 2.81. The Morgan fingerprint density at radius 1 is 1.11 bits per heavy atom. The monoisotopic (exact) mass is 517 g/mol. The molecule has 0 aliphatic rings. The van der Waals surface area contributed by atoms with Crippen LogP contribution < -0.4 is 9.47 Å². The predicted octanol–water partition coefficient (Wildman–Crippen LogP) is 7.34. The zero-order chi connectivity index (χ0) is 20.9. The van der Waals surface area contributed by atoms with Crippen LogP contribution >= 0.6 is 31.9 Å². The van der Waals surface area contributed by atoms with Crippen LogP contribution in [0.25, 0.3) is 0 Å². The van der Waals surface area contributed by atoms with Crippen LogP contribution in [-0.2, 0) is 11.3 Å². The third-order valence-electron chi connectivity index (χ3n) is 3.92. The Kier molecular flexibility index (Phi) is 12.6. The number of hydrogen-bond donors (Lipinski definition) is 0. The fraction of sp³-hybridized carbons (Fsp3) is 0.591. The smallest absolute Gasteiger partial charge is 0.126 e. The lowest BCUT2D eigenvalue weighted by Gasteiger charge is -2.20. The maximum Gasteiger partial charge on any atom is 0.126 e. The van der Waals surface area contributed by atoms with E-state index in [0.29, 0.717) is 25.7 Å². The van der Waals surface area contributed by atoms with E-state index in [2.05, 4.69) is 69.9 Å². The number of aryl methyl sites for hydroxylation is 1. The highest BCUT2D eigenvalue weighted by Crippen LogP contribution is 2.35. The standard InChI is InChI=1S/C22H33Br2NO3/c1-6-9-18-14-19(26-13-10-21(23)24)15-20(16(2)3)22(18)27-11-7-8-12-28-25-17(4)5/h10,14-16H,6-9,11-13H2,1-5H3. The van der Waals surface area contributed by atoms with Gasteiger partial charge in [0.2, 0.25) is 0 Å². The van der Waals surface area contributed by atoms with Gasteiger partial charge in [0, 0.05) is 5.56 Å². The number of unbranched alkanes of at least 4 members (excludes halogenated alkanes) is 1. The van der Waals surface area contributed by atoms with Crippen LogP contribution in [0, 0.1) is 0 Å². The number of nitrogens with zero attached hydrogens (tertiary/aromatic N) is 1. The largest absolute Gasteiger partial charge is 0.493 e. The molecule has 0 bridgehead atoms. The van der Waals surface area contributed by atoms with Gasteiger partial charge in [-0.15, -0.1) is 0 Å². The summed E-state index contributed by atoms with van der Waals surface area (Å²) in [6, 6.07) is 4.22. The van der Waals surface area contributed by atoms with Crippen molar-refractivity contribution in [1.82, 2.24) is 0 Å². The second kappa shape index (κ2) is 14.0. The highest BCUT2D eigenvalue weighted by molar-refractivity contribution is 9.28. The third kappa shape index (κ3) is 9.97. The first kappa shape index (κ1) is 25.0. The van der Waals surface area contributed by atoms with E-state index in [1.807, 2.05) is 19.9 Å². The quantitative estimate of drug-likeness (QED) is 0.156. The van der Waals surface area contributed by atoms with Gasteiger partial charge in [0.05, 0.1) is 15.7 Å². The molecule has 4 nitrogen and oxygen atoms in total. The first-order chi connectivity index (χ1) is 13.3. The molecule has 0 saturated carbocycles. The van der Waals surface area contributed by atoms with Gasteiger partial charge in [-0.05, 0) is 94.7 Å². The molecule has 0 aliphatic heterocycles. The third-order valence-corrected chi connectivity index (χ3v) is 4.57. The Morgan fingerprint density at radius 2 is 1.82 bits per heavy atom. The molecule has 158 valence electrons. The molecule has 0 atom stereocenters. The van der Waals surface area contributed by atoms with Crippen molar-refractivity contribution in [3.8, 4) is 11.5 Å². The molecule has 0 aliphatic carbocycles. The first-order valence-corrected chi connectivity index (χ1v) is 11.5. The Bertz CT molecular complexity index is 649. The number of halogens is 2. The average molecular weight is 519 g/mol. The molecule has 28 heavy (non-hydrogen) atoms. The number of benzene rings is 1. The minimum absolute atomic E-state index is 0.359. The summed E-state index contributed by atoms with van der Waals surface area (Å²) in [5, 5.41) is 3.95. The predicted molar refractivity (Wildman–Crippen MR) is 125 cm³/mol. The summed E-state index contributed by atoms with van der Waals surface area (Å²) < 4.78 is 13.0. The number of oxime groups is 1. The molecule has 1 aromatic carbocycles. The summed E-state index contributed by atoms with van der Waals surface area (Å²) in [4.78, 5) is 5.25. The van der Waals surface area contributed by atoms with Gasteiger partial charge in [-0.2, -0.15) is 0 Å². The van der Waals surface area contributed by atoms with Gasteiger partial charge in [0.15, 0.2) is 0 Å². The van der Waals surface area contributed by atoms with Gasteiger partial charge in [-0.25, -0.2) is 0 Å². The second-order valence-electron chi connectivity index (χ2n) is 7.14. The number of ether oxygens (including phenoxy) is 2. The topological polar surface area (TPSA) is 40.0 Å². The van der Waals surface area contributed by atoms with Crippen molar-refractivity contribution in [2.75, 3.05) is 19.8 Å². The molecule has 0 radical (unpaired) electrons. The van der Waals surface area contributed by atoms with Crippen molar-refractivity contribution in [2.24, 2.45) is 5.16 Å². The van der Waals surface area contributed by atoms with Crippen molar-refractivity contribution in [1.29, 1.82) is 0 Å². The summed E-state index contributed by atoms with van der Waals surface area (Å²) in [7, 11) is 0. The zero-order valence-electron chi connectivity index (χ0n) is 17.7. The summed E-state index contributed by atoms with van der Waals surface area (Å²) in [6.45, 7) is 12.2. The molecule has 0 fully saturated rings. The molecule has 1 aromatic rings. The van der Waals surface area contributed by atoms with E-state index in [1.165, 1.54) is 11.1 Å². The van der Waals surface area contributed by atoms with E-state index < -0.39 is 0 Å². The summed E-state index contributed by atoms with van der Waals surface area (Å²) >= 11 is 6.71. The SMILES string of the molecule is CCCc1cc(OCC=C(Br)Br)cc(C(C)C)c1OCCCCON=C(C)C. The van der Waals surface area contributed by atoms with Gasteiger partial charge in [-0.3, -0.25) is 0 Å². The molecule has 0 spiro atoms. The van der Waals surface area contributed by atoms with E-state index in [-0.39, 0.29) is 0 Å². The van der Waals surface area contributed by atoms with Crippen molar-refractivity contribution in [3.63, 3.8) is 0 Å². The molecule has 0 saturated heterocycles. The summed E-state index contributed by atoms with van der Waals surface area (Å²) in [6.07, 6.45) is 5.82. The van der Waals surface area contributed by atoms with E-state index >= 15 is 0 Å². The van der Waals surface area contributed by atoms with Crippen LogP contribution in [0.3, 0.4) is 0 Å². The van der Waals surface area contributed by atoms with Crippen molar-refractivity contribution in [3.05, 3.63) is 32.7 Å². The Morgan fingerprint density at radius 3 is 2.43 bits per heavy atom. The van der Waals surface area contributed by atoms with Gasteiger partial charge >= 0.3 is 0 Å². The van der Waals surface area contributed by atoms with Crippen LogP contribution in [-0.4, -0.2) is 25.5 Å². The number of rotatable bonds is 13. The fourth-order valence-electron chi connectivity index (χ4n) is 2.64. The molecule has 1 rings (SSSR count). The van der Waals surface area contributed by atoms with E-state index in [9.17, 15) is 0 Å². The highest BCUT2D eigenvalue weighted by atomic mass is 79.9. The van der Waals surface area contributed by atoms with Gasteiger partial charge in [-0.1, -0.05) is 32.3 Å². The molecule has 0 aromatic heterocycles. The van der Waals surface area contributed by atoms with Crippen LogP contribution in [0.5, 0.6) is 11.5 Å². The van der Waals surface area contributed by atoms with E-state index in [0.717, 1.165) is 46.3 Å². The fourth-order valence-corrected chi connectivity index (χ4v) is 2.91. The van der Waals surface area contributed by atoms with E-state index in [1.54, 1.807) is 0 Å². The lowest BCUT2D eigenvalue weighted by Crippen LogP contribution is -2.07. The average Bonchev–Trinajstić information content (AvgIpc) is 2.61. The lowest BCUT2D eigenvalue weighted by molar-refractivity contribution is 0.135. The summed E-state index contributed by atoms with van der Waals surface area (Å²) in [5.74, 6) is 2.26. The van der Waals surface area contributed by atoms with Crippen LogP contribution in [0.4, 0.5) is 0 Å². The Hall–Kier alpha value is -1.01. The minimum atomic E-state index is 0.359. The molecule has 0 amide bonds. The van der Waals surface area contributed by atoms with E-state index in [4.69, 9.17) is 14.3 Å². The van der Waals surface area contributed by atoms with Crippen LogP contribution in [0.15, 0.2) is 26.8 Å². The maximum absolute atomic E-state index is 6.23. The summed E-state index contributed by atoms with van der Waals surface area (Å²) in [5.41, 5.74) is 3.35. The van der Waals surface area contributed by atoms with Crippen LogP contribution in [0.1, 0.15) is 70.9 Å². The molecular weight excluding hydrogens is 486 g/mol. The highest BCUT2D eigenvalue weighted by Gasteiger charge is 2.15.